The van der Waals surface area contributed by atoms with Crippen molar-refractivity contribution in [2.75, 3.05) is 0 Å². The van der Waals surface area contributed by atoms with Gasteiger partial charge in [0.25, 0.3) is 0 Å². The summed E-state index contributed by atoms with van der Waals surface area (Å²) in [5.74, 6) is 0.203. The average molecular weight is 292 g/mol. The number of aromatic nitrogens is 1. The standard InChI is InChI=1S/C16H18F2N2O/c1-11(13-7-9-19-10-8-13)20-12(2)14-5-3-4-6-15(14)21-16(17)18/h3-12,16,20H,1-2H3/t11-,12?/m0/s1. The van der Waals surface area contributed by atoms with Crippen LogP contribution in [0.1, 0.15) is 37.1 Å². The highest BCUT2D eigenvalue weighted by Crippen LogP contribution is 2.28. The summed E-state index contributed by atoms with van der Waals surface area (Å²) in [5.41, 5.74) is 1.79. The summed E-state index contributed by atoms with van der Waals surface area (Å²) in [6.07, 6.45) is 3.46. The number of pyridine rings is 1. The maximum Gasteiger partial charge on any atom is 0.387 e. The van der Waals surface area contributed by atoms with Gasteiger partial charge >= 0.3 is 6.61 Å². The van der Waals surface area contributed by atoms with E-state index in [0.717, 1.165) is 5.56 Å². The lowest BCUT2D eigenvalue weighted by Crippen LogP contribution is -2.23. The molecule has 5 heteroatoms. The minimum Gasteiger partial charge on any atom is -0.434 e. The van der Waals surface area contributed by atoms with Crippen molar-refractivity contribution in [1.29, 1.82) is 0 Å². The Balaban J connectivity index is 2.11. The Morgan fingerprint density at radius 1 is 1.00 bits per heavy atom. The van der Waals surface area contributed by atoms with Crippen LogP contribution >= 0.6 is 0 Å². The Bertz CT molecular complexity index is 563. The minimum absolute atomic E-state index is 0.0719. The van der Waals surface area contributed by atoms with Crippen LogP contribution in [0.2, 0.25) is 0 Å². The third kappa shape index (κ3) is 4.23. The topological polar surface area (TPSA) is 34.2 Å². The van der Waals surface area contributed by atoms with Crippen LogP contribution in [0.4, 0.5) is 8.78 Å². The summed E-state index contributed by atoms with van der Waals surface area (Å²) < 4.78 is 29.5. The molecule has 2 aromatic rings. The highest BCUT2D eigenvalue weighted by molar-refractivity contribution is 5.36. The first-order valence-electron chi connectivity index (χ1n) is 6.77. The van der Waals surface area contributed by atoms with E-state index < -0.39 is 6.61 Å². The molecule has 1 N–H and O–H groups in total. The number of rotatable bonds is 6. The van der Waals surface area contributed by atoms with Crippen molar-refractivity contribution in [3.63, 3.8) is 0 Å². The van der Waals surface area contributed by atoms with Crippen LogP contribution in [0.5, 0.6) is 5.75 Å². The van der Waals surface area contributed by atoms with Gasteiger partial charge in [0, 0.05) is 30.0 Å². The number of hydrogen-bond donors (Lipinski definition) is 1. The van der Waals surface area contributed by atoms with E-state index in [1.54, 1.807) is 30.6 Å². The molecule has 0 bridgehead atoms. The number of hydrogen-bond acceptors (Lipinski definition) is 3. The summed E-state index contributed by atoms with van der Waals surface area (Å²) in [6.45, 7) is 1.12. The zero-order valence-electron chi connectivity index (χ0n) is 12.0. The number of nitrogens with zero attached hydrogens (tertiary/aromatic N) is 1. The smallest absolute Gasteiger partial charge is 0.387 e. The normalized spacial score (nSPS) is 14.0. The van der Waals surface area contributed by atoms with Gasteiger partial charge in [0.2, 0.25) is 0 Å². The zero-order chi connectivity index (χ0) is 15.2. The average Bonchev–Trinajstić information content (AvgIpc) is 2.48. The van der Waals surface area contributed by atoms with E-state index >= 15 is 0 Å². The third-order valence-electron chi connectivity index (χ3n) is 3.31. The van der Waals surface area contributed by atoms with E-state index in [2.05, 4.69) is 15.0 Å². The molecule has 1 aromatic heterocycles. The number of para-hydroxylation sites is 1. The second kappa shape index (κ2) is 7.13. The largest absolute Gasteiger partial charge is 0.434 e. The first-order valence-corrected chi connectivity index (χ1v) is 6.77. The fourth-order valence-corrected chi connectivity index (χ4v) is 2.25. The number of ether oxygens (including phenoxy) is 1. The maximum absolute atomic E-state index is 12.4. The fourth-order valence-electron chi connectivity index (χ4n) is 2.25. The van der Waals surface area contributed by atoms with E-state index in [0.29, 0.717) is 5.56 Å². The maximum atomic E-state index is 12.4. The molecule has 1 unspecified atom stereocenters. The Morgan fingerprint density at radius 2 is 1.67 bits per heavy atom. The summed E-state index contributed by atoms with van der Waals surface area (Å²) in [5, 5.41) is 3.37. The lowest BCUT2D eigenvalue weighted by atomic mass is 10.0. The Morgan fingerprint density at radius 3 is 2.33 bits per heavy atom. The molecule has 0 saturated heterocycles. The Labute approximate surface area is 123 Å². The van der Waals surface area contributed by atoms with Gasteiger partial charge in [-0.15, -0.1) is 0 Å². The highest BCUT2D eigenvalue weighted by atomic mass is 19.3. The van der Waals surface area contributed by atoms with Crippen molar-refractivity contribution in [3.8, 4) is 5.75 Å². The molecule has 3 nitrogen and oxygen atoms in total. The lowest BCUT2D eigenvalue weighted by molar-refractivity contribution is -0.0506. The van der Waals surface area contributed by atoms with E-state index in [9.17, 15) is 8.78 Å². The van der Waals surface area contributed by atoms with Crippen molar-refractivity contribution >= 4 is 0 Å². The van der Waals surface area contributed by atoms with Gasteiger partial charge in [0.1, 0.15) is 5.75 Å². The molecular weight excluding hydrogens is 274 g/mol. The van der Waals surface area contributed by atoms with Crippen molar-refractivity contribution in [2.45, 2.75) is 32.5 Å². The summed E-state index contributed by atoms with van der Waals surface area (Å²) in [4.78, 5) is 3.98. The first-order chi connectivity index (χ1) is 10.1. The van der Waals surface area contributed by atoms with Gasteiger partial charge in [0.15, 0.2) is 0 Å². The van der Waals surface area contributed by atoms with Gasteiger partial charge in [0.05, 0.1) is 0 Å². The van der Waals surface area contributed by atoms with Gasteiger partial charge in [-0.3, -0.25) is 4.98 Å². The van der Waals surface area contributed by atoms with Gasteiger partial charge in [-0.05, 0) is 37.6 Å². The predicted molar refractivity (Wildman–Crippen MR) is 77.3 cm³/mol. The molecule has 1 aromatic carbocycles. The van der Waals surface area contributed by atoms with E-state index in [-0.39, 0.29) is 17.8 Å². The molecule has 0 spiro atoms. The Kier molecular flexibility index (Phi) is 5.22. The van der Waals surface area contributed by atoms with Gasteiger partial charge < -0.3 is 10.1 Å². The lowest BCUT2D eigenvalue weighted by Gasteiger charge is -2.22. The summed E-state index contributed by atoms with van der Waals surface area (Å²) >= 11 is 0. The Hall–Kier alpha value is -2.01. The van der Waals surface area contributed by atoms with Crippen molar-refractivity contribution in [2.24, 2.45) is 0 Å². The van der Waals surface area contributed by atoms with Crippen LogP contribution in [0.3, 0.4) is 0 Å². The molecule has 0 fully saturated rings. The molecule has 0 radical (unpaired) electrons. The monoisotopic (exact) mass is 292 g/mol. The number of alkyl halides is 2. The van der Waals surface area contributed by atoms with Crippen molar-refractivity contribution < 1.29 is 13.5 Å². The molecule has 1 heterocycles. The van der Waals surface area contributed by atoms with Crippen LogP contribution in [0, 0.1) is 0 Å². The molecule has 112 valence electrons. The molecule has 0 aliphatic rings. The summed E-state index contributed by atoms with van der Waals surface area (Å²) in [7, 11) is 0. The van der Waals surface area contributed by atoms with Crippen LogP contribution in [0.15, 0.2) is 48.8 Å². The van der Waals surface area contributed by atoms with Crippen LogP contribution in [-0.2, 0) is 0 Å². The number of halogens is 2. The van der Waals surface area contributed by atoms with Gasteiger partial charge in [-0.25, -0.2) is 0 Å². The first kappa shape index (κ1) is 15.4. The van der Waals surface area contributed by atoms with Gasteiger partial charge in [-0.2, -0.15) is 8.78 Å². The zero-order valence-corrected chi connectivity index (χ0v) is 12.0. The summed E-state index contributed by atoms with van der Waals surface area (Å²) in [6, 6.07) is 10.6. The SMILES string of the molecule is CC(N[C@@H](C)c1ccncc1)c1ccccc1OC(F)F. The van der Waals surface area contributed by atoms with Gasteiger partial charge in [-0.1, -0.05) is 18.2 Å². The third-order valence-corrected chi connectivity index (χ3v) is 3.31. The molecule has 2 rings (SSSR count). The highest BCUT2D eigenvalue weighted by Gasteiger charge is 2.16. The molecule has 0 amide bonds. The molecular formula is C16H18F2N2O. The van der Waals surface area contributed by atoms with E-state index in [4.69, 9.17) is 0 Å². The molecule has 0 saturated carbocycles. The molecule has 0 aliphatic heterocycles. The van der Waals surface area contributed by atoms with Crippen LogP contribution in [0.25, 0.3) is 0 Å². The number of benzene rings is 1. The number of nitrogens with one attached hydrogen (secondary N) is 1. The fraction of sp³-hybridized carbons (Fsp3) is 0.312. The molecule has 0 aliphatic carbocycles. The second-order valence-electron chi connectivity index (χ2n) is 4.81. The molecule has 2 atom stereocenters. The van der Waals surface area contributed by atoms with Crippen molar-refractivity contribution in [3.05, 3.63) is 59.9 Å². The minimum atomic E-state index is -2.82. The van der Waals surface area contributed by atoms with E-state index in [1.165, 1.54) is 0 Å². The van der Waals surface area contributed by atoms with Crippen molar-refractivity contribution in [1.82, 2.24) is 10.3 Å². The molecule has 21 heavy (non-hydrogen) atoms. The quantitative estimate of drug-likeness (QED) is 0.870. The van der Waals surface area contributed by atoms with Crippen LogP contribution in [-0.4, -0.2) is 11.6 Å². The second-order valence-corrected chi connectivity index (χ2v) is 4.81. The predicted octanol–water partition coefficient (Wildman–Crippen LogP) is 4.09. The van der Waals surface area contributed by atoms with Crippen LogP contribution < -0.4 is 10.1 Å². The van der Waals surface area contributed by atoms with E-state index in [1.807, 2.05) is 32.0 Å².